The maximum atomic E-state index is 12.8. The van der Waals surface area contributed by atoms with Crippen molar-refractivity contribution in [2.45, 2.75) is 12.5 Å². The van der Waals surface area contributed by atoms with Crippen molar-refractivity contribution in [1.29, 1.82) is 0 Å². The van der Waals surface area contributed by atoms with E-state index < -0.39 is 17.5 Å². The fourth-order valence-corrected chi connectivity index (χ4v) is 3.33. The van der Waals surface area contributed by atoms with Crippen LogP contribution in [-0.4, -0.2) is 22.1 Å². The van der Waals surface area contributed by atoms with Crippen molar-refractivity contribution in [2.24, 2.45) is 0 Å². The maximum Gasteiger partial charge on any atom is 0.344 e. The maximum absolute atomic E-state index is 12.8. The van der Waals surface area contributed by atoms with Crippen molar-refractivity contribution in [2.75, 3.05) is 5.32 Å². The molecule has 3 rings (SSSR count). The number of hydrogen-bond donors (Lipinski definition) is 3. The van der Waals surface area contributed by atoms with Gasteiger partial charge in [-0.1, -0.05) is 53.5 Å². The molecule has 0 aromatic heterocycles. The highest BCUT2D eigenvalue weighted by Crippen LogP contribution is 2.28. The number of rotatable bonds is 3. The number of urea groups is 1. The Morgan fingerprint density at radius 3 is 2.35 bits per heavy atom. The smallest absolute Gasteiger partial charge is 0.331 e. The lowest BCUT2D eigenvalue weighted by Crippen LogP contribution is -2.49. The number of carbonyl (C=O) groups is 2. The first-order valence-corrected chi connectivity index (χ1v) is 8.72. The van der Waals surface area contributed by atoms with Crippen molar-refractivity contribution >= 4 is 58.2 Å². The van der Waals surface area contributed by atoms with E-state index in [1.807, 2.05) is 6.07 Å². The zero-order valence-corrected chi connectivity index (χ0v) is 15.9. The van der Waals surface area contributed by atoms with Crippen LogP contribution in [0.4, 0.5) is 10.5 Å². The summed E-state index contributed by atoms with van der Waals surface area (Å²) in [6, 6.07) is 13.2. The van der Waals surface area contributed by atoms with Gasteiger partial charge in [-0.2, -0.15) is 5.01 Å². The summed E-state index contributed by atoms with van der Waals surface area (Å²) in [5.74, 6) is -0.470. The number of halogens is 2. The van der Waals surface area contributed by atoms with Gasteiger partial charge in [0, 0.05) is 15.7 Å². The van der Waals surface area contributed by atoms with Crippen LogP contribution in [0.15, 0.2) is 48.5 Å². The fraction of sp³-hybridized carbons (Fsp3) is 0.118. The van der Waals surface area contributed by atoms with Gasteiger partial charge in [0.25, 0.3) is 5.91 Å². The van der Waals surface area contributed by atoms with Crippen molar-refractivity contribution in [3.05, 3.63) is 64.1 Å². The molecule has 26 heavy (non-hydrogen) atoms. The molecule has 1 atom stereocenters. The summed E-state index contributed by atoms with van der Waals surface area (Å²) >= 11 is 17.1. The molecule has 134 valence electrons. The summed E-state index contributed by atoms with van der Waals surface area (Å²) < 4.78 is 0. The second-order valence-corrected chi connectivity index (χ2v) is 7.07. The third-order valence-corrected chi connectivity index (χ3v) is 4.51. The van der Waals surface area contributed by atoms with Gasteiger partial charge < -0.3 is 10.6 Å². The van der Waals surface area contributed by atoms with Crippen LogP contribution in [0, 0.1) is 0 Å². The number of nitrogens with zero attached hydrogens (tertiary/aromatic N) is 1. The Kier molecular flexibility index (Phi) is 5.04. The molecule has 2 aromatic carbocycles. The Labute approximate surface area is 165 Å². The van der Waals surface area contributed by atoms with Crippen LogP contribution in [-0.2, 0) is 10.3 Å². The molecule has 3 N–H and O–H groups in total. The zero-order chi connectivity index (χ0) is 18.9. The van der Waals surface area contributed by atoms with Gasteiger partial charge in [-0.3, -0.25) is 10.2 Å². The summed E-state index contributed by atoms with van der Waals surface area (Å²) in [4.78, 5) is 25.1. The van der Waals surface area contributed by atoms with Crippen molar-refractivity contribution in [1.82, 2.24) is 15.8 Å². The van der Waals surface area contributed by atoms with Crippen LogP contribution in [0.2, 0.25) is 10.0 Å². The largest absolute Gasteiger partial charge is 0.344 e. The molecular formula is C17H14Cl2N4O2S. The van der Waals surface area contributed by atoms with E-state index in [1.54, 1.807) is 49.4 Å². The number of amides is 3. The lowest BCUT2D eigenvalue weighted by atomic mass is 9.92. The van der Waals surface area contributed by atoms with E-state index in [0.29, 0.717) is 21.3 Å². The lowest BCUT2D eigenvalue weighted by Gasteiger charge is -2.22. The molecule has 1 heterocycles. The number of carbonyl (C=O) groups excluding carboxylic acids is 2. The SMILES string of the molecule is C[C@]1(c2ccccc2)NC(=O)N(NC(=S)Nc2cc(Cl)cc(Cl)c2)C1=O. The molecule has 1 saturated heterocycles. The minimum absolute atomic E-state index is 0.0455. The molecule has 0 aliphatic carbocycles. The molecule has 1 aliphatic heterocycles. The normalized spacial score (nSPS) is 19.3. The lowest BCUT2D eigenvalue weighted by molar-refractivity contribution is -0.132. The highest BCUT2D eigenvalue weighted by molar-refractivity contribution is 7.80. The Morgan fingerprint density at radius 2 is 1.73 bits per heavy atom. The third kappa shape index (κ3) is 3.60. The standard InChI is InChI=1S/C17H14Cl2N4O2S/c1-17(10-5-3-2-4-6-10)14(24)23(16(25)21-17)22-15(26)20-13-8-11(18)7-12(19)9-13/h2-9H,1H3,(H,21,25)(H2,20,22,26)/t17-/m1/s1. The average Bonchev–Trinajstić information content (AvgIpc) is 2.79. The van der Waals surface area contributed by atoms with Crippen molar-refractivity contribution in [3.8, 4) is 0 Å². The minimum Gasteiger partial charge on any atom is -0.331 e. The summed E-state index contributed by atoms with van der Waals surface area (Å²) in [5.41, 5.74) is 2.61. The second-order valence-electron chi connectivity index (χ2n) is 5.79. The zero-order valence-electron chi connectivity index (χ0n) is 13.5. The van der Waals surface area contributed by atoms with E-state index in [9.17, 15) is 9.59 Å². The highest BCUT2D eigenvalue weighted by atomic mass is 35.5. The topological polar surface area (TPSA) is 73.5 Å². The first-order valence-electron chi connectivity index (χ1n) is 7.55. The molecule has 6 nitrogen and oxygen atoms in total. The molecule has 1 fully saturated rings. The predicted octanol–water partition coefficient (Wildman–Crippen LogP) is 3.66. The highest BCUT2D eigenvalue weighted by Gasteiger charge is 2.49. The summed E-state index contributed by atoms with van der Waals surface area (Å²) in [7, 11) is 0. The number of anilines is 1. The average molecular weight is 409 g/mol. The molecule has 0 spiro atoms. The molecule has 3 amide bonds. The molecule has 0 saturated carbocycles. The van der Waals surface area contributed by atoms with E-state index >= 15 is 0 Å². The van der Waals surface area contributed by atoms with Gasteiger partial charge in [0.15, 0.2) is 5.11 Å². The number of imide groups is 1. The van der Waals surface area contributed by atoms with Crippen LogP contribution in [0.3, 0.4) is 0 Å². The van der Waals surface area contributed by atoms with E-state index in [-0.39, 0.29) is 5.11 Å². The quantitative estimate of drug-likeness (QED) is 0.533. The van der Waals surface area contributed by atoms with Crippen LogP contribution in [0.5, 0.6) is 0 Å². The monoisotopic (exact) mass is 408 g/mol. The molecule has 0 radical (unpaired) electrons. The number of nitrogens with one attached hydrogen (secondary N) is 3. The third-order valence-electron chi connectivity index (χ3n) is 3.88. The minimum atomic E-state index is -1.18. The van der Waals surface area contributed by atoms with Gasteiger partial charge >= 0.3 is 6.03 Å². The fourth-order valence-electron chi connectivity index (χ4n) is 2.59. The Balaban J connectivity index is 1.74. The van der Waals surface area contributed by atoms with E-state index in [2.05, 4.69) is 16.1 Å². The predicted molar refractivity (Wildman–Crippen MR) is 105 cm³/mol. The van der Waals surface area contributed by atoms with Crippen LogP contribution in [0.25, 0.3) is 0 Å². The van der Waals surface area contributed by atoms with Gasteiger partial charge in [-0.05, 0) is 42.9 Å². The van der Waals surface area contributed by atoms with Gasteiger partial charge in [0.1, 0.15) is 5.54 Å². The molecule has 1 aliphatic rings. The molecule has 0 unspecified atom stereocenters. The molecular weight excluding hydrogens is 395 g/mol. The van der Waals surface area contributed by atoms with Gasteiger partial charge in [-0.25, -0.2) is 4.79 Å². The van der Waals surface area contributed by atoms with E-state index in [4.69, 9.17) is 35.4 Å². The number of thiocarbonyl (C=S) groups is 1. The Hall–Kier alpha value is -2.35. The van der Waals surface area contributed by atoms with E-state index in [0.717, 1.165) is 5.01 Å². The number of hydrogen-bond acceptors (Lipinski definition) is 3. The first-order chi connectivity index (χ1) is 12.3. The Bertz CT molecular complexity index is 873. The first kappa shape index (κ1) is 18.4. The van der Waals surface area contributed by atoms with Gasteiger partial charge in [-0.15, -0.1) is 0 Å². The Morgan fingerprint density at radius 1 is 1.12 bits per heavy atom. The van der Waals surface area contributed by atoms with Crippen LogP contribution in [0.1, 0.15) is 12.5 Å². The van der Waals surface area contributed by atoms with Crippen LogP contribution >= 0.6 is 35.4 Å². The summed E-state index contributed by atoms with van der Waals surface area (Å²) in [6.07, 6.45) is 0. The molecule has 9 heteroatoms. The molecule has 0 bridgehead atoms. The van der Waals surface area contributed by atoms with Gasteiger partial charge in [0.05, 0.1) is 0 Å². The van der Waals surface area contributed by atoms with Crippen LogP contribution < -0.4 is 16.1 Å². The van der Waals surface area contributed by atoms with Crippen molar-refractivity contribution < 1.29 is 9.59 Å². The second kappa shape index (κ2) is 7.11. The summed E-state index contributed by atoms with van der Waals surface area (Å²) in [6.45, 7) is 1.64. The number of hydrazine groups is 1. The number of benzene rings is 2. The summed E-state index contributed by atoms with van der Waals surface area (Å²) in [5, 5.41) is 7.25. The van der Waals surface area contributed by atoms with Gasteiger partial charge in [0.2, 0.25) is 0 Å². The van der Waals surface area contributed by atoms with Crippen molar-refractivity contribution in [3.63, 3.8) is 0 Å². The van der Waals surface area contributed by atoms with E-state index in [1.165, 1.54) is 0 Å². The molecule has 2 aromatic rings.